The van der Waals surface area contributed by atoms with Gasteiger partial charge < -0.3 is 9.26 Å². The van der Waals surface area contributed by atoms with Crippen LogP contribution in [-0.2, 0) is 20.4 Å². The van der Waals surface area contributed by atoms with Crippen LogP contribution in [0, 0.1) is 13.8 Å². The number of nitrogens with zero attached hydrogens (tertiary/aromatic N) is 2. The monoisotopic (exact) mass is 351 g/mol. The maximum atomic E-state index is 11.8. The maximum absolute atomic E-state index is 11.8. The third-order valence-electron chi connectivity index (χ3n) is 4.81. The third-order valence-corrected chi connectivity index (χ3v) is 5.85. The highest BCUT2D eigenvalue weighted by molar-refractivity contribution is 7.89. The molecule has 1 aliphatic rings. The average Bonchev–Trinajstić information content (AvgIpc) is 3.17. The van der Waals surface area contributed by atoms with E-state index in [-0.39, 0.29) is 10.8 Å². The number of nitrogens with two attached hydrogens (primary N) is 1. The number of primary sulfonamides is 1. The summed E-state index contributed by atoms with van der Waals surface area (Å²) in [6.45, 7) is 3.54. The fourth-order valence-corrected chi connectivity index (χ4v) is 4.12. The van der Waals surface area contributed by atoms with Crippen LogP contribution in [0.4, 0.5) is 0 Å². The van der Waals surface area contributed by atoms with Gasteiger partial charge in [0.15, 0.2) is 0 Å². The zero-order chi connectivity index (χ0) is 17.5. The lowest BCUT2D eigenvalue weighted by molar-refractivity contribution is -0.0178. The van der Waals surface area contributed by atoms with Crippen molar-refractivity contribution < 1.29 is 17.7 Å². The van der Waals surface area contributed by atoms with E-state index in [9.17, 15) is 8.42 Å². The lowest BCUT2D eigenvalue weighted by Gasteiger charge is -2.22. The molecule has 1 saturated carbocycles. The summed E-state index contributed by atoms with van der Waals surface area (Å²) < 4.78 is 34.6. The van der Waals surface area contributed by atoms with E-state index in [0.29, 0.717) is 17.0 Å². The van der Waals surface area contributed by atoms with Crippen molar-refractivity contribution in [3.05, 3.63) is 29.1 Å². The van der Waals surface area contributed by atoms with E-state index < -0.39 is 15.6 Å². The van der Waals surface area contributed by atoms with E-state index in [1.54, 1.807) is 14.0 Å². The predicted octanol–water partition coefficient (Wildman–Crippen LogP) is 2.42. The van der Waals surface area contributed by atoms with E-state index in [2.05, 4.69) is 10.1 Å². The number of rotatable bonds is 4. The van der Waals surface area contributed by atoms with Gasteiger partial charge in [0.1, 0.15) is 5.60 Å². The molecule has 1 aliphatic carbocycles. The Balaban J connectivity index is 2.07. The molecule has 1 heterocycles. The molecule has 2 aromatic rings. The van der Waals surface area contributed by atoms with E-state index in [4.69, 9.17) is 14.4 Å². The van der Waals surface area contributed by atoms with Crippen molar-refractivity contribution in [3.8, 4) is 11.5 Å². The van der Waals surface area contributed by atoms with Crippen molar-refractivity contribution in [3.63, 3.8) is 0 Å². The van der Waals surface area contributed by atoms with Crippen LogP contribution in [0.5, 0.6) is 0 Å². The number of sulfonamides is 1. The minimum Gasteiger partial charge on any atom is -0.370 e. The first-order chi connectivity index (χ1) is 11.3. The van der Waals surface area contributed by atoms with Gasteiger partial charge in [-0.25, -0.2) is 13.6 Å². The maximum Gasteiger partial charge on any atom is 0.258 e. The summed E-state index contributed by atoms with van der Waals surface area (Å²) in [4.78, 5) is 4.53. The standard InChI is InChI=1S/C16H21N3O4S/c1-10-8-12(9-13(11(10)2)24(17,20)21)14-18-15(19-23-14)16(22-3)6-4-5-7-16/h8-9H,4-7H2,1-3H3,(H2,17,20,21). The van der Waals surface area contributed by atoms with Gasteiger partial charge in [-0.15, -0.1) is 0 Å². The summed E-state index contributed by atoms with van der Waals surface area (Å²) in [7, 11) is -2.18. The van der Waals surface area contributed by atoms with Gasteiger partial charge in [0.2, 0.25) is 15.8 Å². The molecule has 3 rings (SSSR count). The van der Waals surface area contributed by atoms with Gasteiger partial charge in [-0.1, -0.05) is 5.16 Å². The van der Waals surface area contributed by atoms with Crippen LogP contribution in [0.15, 0.2) is 21.6 Å². The first kappa shape index (κ1) is 17.1. The number of ether oxygens (including phenoxy) is 1. The van der Waals surface area contributed by atoms with Crippen LogP contribution in [0.1, 0.15) is 42.6 Å². The van der Waals surface area contributed by atoms with Gasteiger partial charge in [-0.3, -0.25) is 0 Å². The number of aryl methyl sites for hydroxylation is 1. The molecule has 7 nitrogen and oxygen atoms in total. The summed E-state index contributed by atoms with van der Waals surface area (Å²) in [5.74, 6) is 0.772. The second kappa shape index (κ2) is 5.94. The Morgan fingerprint density at radius 3 is 2.50 bits per heavy atom. The Labute approximate surface area is 141 Å². The highest BCUT2D eigenvalue weighted by atomic mass is 32.2. The van der Waals surface area contributed by atoms with Gasteiger partial charge in [0.05, 0.1) is 4.90 Å². The average molecular weight is 351 g/mol. The van der Waals surface area contributed by atoms with Crippen LogP contribution in [0.3, 0.4) is 0 Å². The molecule has 0 saturated heterocycles. The van der Waals surface area contributed by atoms with Crippen LogP contribution in [-0.4, -0.2) is 25.7 Å². The normalized spacial score (nSPS) is 17.3. The van der Waals surface area contributed by atoms with E-state index in [1.165, 1.54) is 6.07 Å². The van der Waals surface area contributed by atoms with E-state index >= 15 is 0 Å². The van der Waals surface area contributed by atoms with Crippen LogP contribution < -0.4 is 5.14 Å². The zero-order valence-electron chi connectivity index (χ0n) is 14.0. The van der Waals surface area contributed by atoms with Gasteiger partial charge in [0, 0.05) is 12.7 Å². The number of benzene rings is 1. The molecule has 0 radical (unpaired) electrons. The number of aromatic nitrogens is 2. The molecule has 0 amide bonds. The predicted molar refractivity (Wildman–Crippen MR) is 87.7 cm³/mol. The molecule has 0 aliphatic heterocycles. The van der Waals surface area contributed by atoms with Crippen molar-refractivity contribution in [2.45, 2.75) is 50.0 Å². The SMILES string of the molecule is COC1(c2noc(-c3cc(C)c(C)c(S(N)(=O)=O)c3)n2)CCCC1. The van der Waals surface area contributed by atoms with Crippen molar-refractivity contribution in [1.29, 1.82) is 0 Å². The first-order valence-corrected chi connectivity index (χ1v) is 9.35. The largest absolute Gasteiger partial charge is 0.370 e. The Morgan fingerprint density at radius 1 is 1.25 bits per heavy atom. The van der Waals surface area contributed by atoms with Gasteiger partial charge in [0.25, 0.3) is 5.89 Å². The van der Waals surface area contributed by atoms with Gasteiger partial charge in [-0.2, -0.15) is 4.98 Å². The van der Waals surface area contributed by atoms with Crippen molar-refractivity contribution in [2.24, 2.45) is 5.14 Å². The molecule has 0 bridgehead atoms. The molecule has 130 valence electrons. The Morgan fingerprint density at radius 2 is 1.92 bits per heavy atom. The fraction of sp³-hybridized carbons (Fsp3) is 0.500. The summed E-state index contributed by atoms with van der Waals surface area (Å²) in [6, 6.07) is 3.29. The highest BCUT2D eigenvalue weighted by Crippen LogP contribution is 2.40. The van der Waals surface area contributed by atoms with Crippen molar-refractivity contribution >= 4 is 10.0 Å². The second-order valence-corrected chi connectivity index (χ2v) is 7.82. The van der Waals surface area contributed by atoms with E-state index in [0.717, 1.165) is 31.2 Å². The summed E-state index contributed by atoms with van der Waals surface area (Å²) in [6.07, 6.45) is 3.80. The van der Waals surface area contributed by atoms with Crippen molar-refractivity contribution in [2.75, 3.05) is 7.11 Å². The van der Waals surface area contributed by atoms with Crippen LogP contribution >= 0.6 is 0 Å². The second-order valence-electron chi connectivity index (χ2n) is 6.29. The molecule has 8 heteroatoms. The van der Waals surface area contributed by atoms with Crippen LogP contribution in [0.2, 0.25) is 0 Å². The number of methoxy groups -OCH3 is 1. The summed E-state index contributed by atoms with van der Waals surface area (Å²) >= 11 is 0. The first-order valence-electron chi connectivity index (χ1n) is 7.80. The molecule has 1 fully saturated rings. The topological polar surface area (TPSA) is 108 Å². The Bertz CT molecular complexity index is 867. The lowest BCUT2D eigenvalue weighted by Crippen LogP contribution is -2.25. The molecule has 24 heavy (non-hydrogen) atoms. The number of hydrogen-bond acceptors (Lipinski definition) is 6. The van der Waals surface area contributed by atoms with Gasteiger partial charge in [-0.05, 0) is 62.8 Å². The molecular formula is C16H21N3O4S. The smallest absolute Gasteiger partial charge is 0.258 e. The molecular weight excluding hydrogens is 330 g/mol. The zero-order valence-corrected chi connectivity index (χ0v) is 14.8. The minimum absolute atomic E-state index is 0.0690. The summed E-state index contributed by atoms with van der Waals surface area (Å²) in [5, 5.41) is 9.38. The summed E-state index contributed by atoms with van der Waals surface area (Å²) in [5.41, 5.74) is 1.43. The van der Waals surface area contributed by atoms with Gasteiger partial charge >= 0.3 is 0 Å². The molecule has 2 N–H and O–H groups in total. The fourth-order valence-electron chi connectivity index (χ4n) is 3.24. The molecule has 0 atom stereocenters. The van der Waals surface area contributed by atoms with E-state index in [1.807, 2.05) is 13.0 Å². The quantitative estimate of drug-likeness (QED) is 0.906. The third kappa shape index (κ3) is 2.85. The minimum atomic E-state index is -3.83. The highest BCUT2D eigenvalue weighted by Gasteiger charge is 2.40. The molecule has 0 spiro atoms. The molecule has 1 aromatic carbocycles. The Hall–Kier alpha value is -1.77. The number of hydrogen-bond donors (Lipinski definition) is 1. The Kier molecular flexibility index (Phi) is 4.23. The van der Waals surface area contributed by atoms with Crippen molar-refractivity contribution in [1.82, 2.24) is 10.1 Å². The lowest BCUT2D eigenvalue weighted by atomic mass is 10.0. The molecule has 0 unspecified atom stereocenters. The van der Waals surface area contributed by atoms with Crippen LogP contribution in [0.25, 0.3) is 11.5 Å². The molecule has 1 aromatic heterocycles.